The van der Waals surface area contributed by atoms with E-state index in [0.29, 0.717) is 12.6 Å². The Balaban J connectivity index is 2.56. The summed E-state index contributed by atoms with van der Waals surface area (Å²) in [5.41, 5.74) is 5.15. The van der Waals surface area contributed by atoms with Crippen molar-refractivity contribution in [3.63, 3.8) is 0 Å². The van der Waals surface area contributed by atoms with Crippen molar-refractivity contribution in [3.05, 3.63) is 0 Å². The minimum atomic E-state index is -0.703. The van der Waals surface area contributed by atoms with Crippen molar-refractivity contribution in [2.75, 3.05) is 13.1 Å². The van der Waals surface area contributed by atoms with E-state index in [1.165, 1.54) is 12.8 Å². The van der Waals surface area contributed by atoms with Crippen molar-refractivity contribution >= 4 is 0 Å². The predicted molar refractivity (Wildman–Crippen MR) is 57.6 cm³/mol. The number of hydrogen-bond acceptors (Lipinski definition) is 3. The highest BCUT2D eigenvalue weighted by molar-refractivity contribution is 5.04. The molecule has 1 heterocycles. The second-order valence-electron chi connectivity index (χ2n) is 4.86. The Labute approximate surface area is 86.9 Å². The van der Waals surface area contributed by atoms with Gasteiger partial charge in [-0.15, -0.1) is 0 Å². The van der Waals surface area contributed by atoms with Gasteiger partial charge in [-0.3, -0.25) is 4.90 Å². The minimum absolute atomic E-state index is 0.556. The van der Waals surface area contributed by atoms with Gasteiger partial charge in [-0.05, 0) is 39.2 Å². The lowest BCUT2D eigenvalue weighted by atomic mass is 9.90. The molecule has 1 fully saturated rings. The van der Waals surface area contributed by atoms with Gasteiger partial charge in [0.15, 0.2) is 0 Å². The van der Waals surface area contributed by atoms with Crippen LogP contribution in [0.5, 0.6) is 0 Å². The van der Waals surface area contributed by atoms with Crippen molar-refractivity contribution in [2.24, 2.45) is 11.7 Å². The number of piperidine rings is 1. The van der Waals surface area contributed by atoms with Gasteiger partial charge in [0.2, 0.25) is 0 Å². The fraction of sp³-hybridized carbons (Fsp3) is 0.909. The summed E-state index contributed by atoms with van der Waals surface area (Å²) < 4.78 is 0. The minimum Gasteiger partial charge on any atom is -0.313 e. The predicted octanol–water partition coefficient (Wildman–Crippen LogP) is 1.35. The van der Waals surface area contributed by atoms with E-state index >= 15 is 0 Å². The summed E-state index contributed by atoms with van der Waals surface area (Å²) in [7, 11) is 0. The molecule has 0 spiro atoms. The van der Waals surface area contributed by atoms with Crippen LogP contribution in [0.1, 0.15) is 33.6 Å². The first-order valence-electron chi connectivity index (χ1n) is 5.40. The molecule has 1 aliphatic heterocycles. The molecule has 80 valence electrons. The second kappa shape index (κ2) is 4.29. The first kappa shape index (κ1) is 11.5. The van der Waals surface area contributed by atoms with Gasteiger partial charge in [-0.25, -0.2) is 0 Å². The zero-order valence-electron chi connectivity index (χ0n) is 9.45. The number of nitrogens with two attached hydrogens (primary N) is 1. The highest BCUT2D eigenvalue weighted by Gasteiger charge is 2.29. The van der Waals surface area contributed by atoms with Gasteiger partial charge in [0.25, 0.3) is 0 Å². The number of nitriles is 1. The lowest BCUT2D eigenvalue weighted by molar-refractivity contribution is 0.0999. The van der Waals surface area contributed by atoms with E-state index < -0.39 is 5.54 Å². The van der Waals surface area contributed by atoms with E-state index in [1.54, 1.807) is 6.92 Å². The maximum Gasteiger partial charge on any atom is 0.114 e. The third kappa shape index (κ3) is 2.70. The summed E-state index contributed by atoms with van der Waals surface area (Å²) in [6, 6.07) is 2.72. The van der Waals surface area contributed by atoms with Crippen LogP contribution in [0.4, 0.5) is 0 Å². The summed E-state index contributed by atoms with van der Waals surface area (Å²) >= 11 is 0. The van der Waals surface area contributed by atoms with Crippen LogP contribution >= 0.6 is 0 Å². The first-order chi connectivity index (χ1) is 6.46. The topological polar surface area (TPSA) is 53.0 Å². The third-order valence-corrected chi connectivity index (χ3v) is 3.29. The van der Waals surface area contributed by atoms with Gasteiger partial charge in [-0.1, -0.05) is 6.92 Å². The van der Waals surface area contributed by atoms with Crippen LogP contribution in [-0.2, 0) is 0 Å². The summed E-state index contributed by atoms with van der Waals surface area (Å²) in [6.45, 7) is 8.09. The van der Waals surface area contributed by atoms with Crippen molar-refractivity contribution in [2.45, 2.75) is 45.2 Å². The maximum atomic E-state index is 8.88. The molecule has 0 radical (unpaired) electrons. The molecule has 1 rings (SSSR count). The molecule has 0 bridgehead atoms. The average Bonchev–Trinajstić information content (AvgIpc) is 2.13. The van der Waals surface area contributed by atoms with Crippen LogP contribution in [0.15, 0.2) is 0 Å². The molecule has 3 heteroatoms. The normalized spacial score (nSPS) is 33.4. The molecule has 0 amide bonds. The van der Waals surface area contributed by atoms with Crippen LogP contribution in [-0.4, -0.2) is 29.6 Å². The fourth-order valence-corrected chi connectivity index (χ4v) is 2.10. The number of rotatable bonds is 2. The van der Waals surface area contributed by atoms with Crippen molar-refractivity contribution in [1.82, 2.24) is 4.90 Å². The molecule has 0 aromatic carbocycles. The SMILES string of the molecule is CC1CCCN(CC(C)(N)C#N)C1C. The van der Waals surface area contributed by atoms with Crippen LogP contribution in [0.3, 0.4) is 0 Å². The van der Waals surface area contributed by atoms with Gasteiger partial charge in [0.1, 0.15) is 5.54 Å². The molecule has 0 aliphatic carbocycles. The summed E-state index contributed by atoms with van der Waals surface area (Å²) in [4.78, 5) is 2.34. The maximum absolute atomic E-state index is 8.88. The lowest BCUT2D eigenvalue weighted by Gasteiger charge is -2.40. The smallest absolute Gasteiger partial charge is 0.114 e. The fourth-order valence-electron chi connectivity index (χ4n) is 2.10. The van der Waals surface area contributed by atoms with Crippen molar-refractivity contribution < 1.29 is 0 Å². The molecule has 1 aliphatic rings. The summed E-state index contributed by atoms with van der Waals surface area (Å²) in [6.07, 6.45) is 2.53. The highest BCUT2D eigenvalue weighted by Crippen LogP contribution is 2.23. The Morgan fingerprint density at radius 1 is 1.57 bits per heavy atom. The van der Waals surface area contributed by atoms with Gasteiger partial charge >= 0.3 is 0 Å². The quantitative estimate of drug-likeness (QED) is 0.723. The Kier molecular flexibility index (Phi) is 3.52. The molecule has 0 saturated carbocycles. The van der Waals surface area contributed by atoms with E-state index in [4.69, 9.17) is 11.0 Å². The van der Waals surface area contributed by atoms with Crippen LogP contribution < -0.4 is 5.73 Å². The third-order valence-electron chi connectivity index (χ3n) is 3.29. The molecule has 3 nitrogen and oxygen atoms in total. The monoisotopic (exact) mass is 195 g/mol. The summed E-state index contributed by atoms with van der Waals surface area (Å²) in [5.74, 6) is 0.721. The standard InChI is InChI=1S/C11H21N3/c1-9-5-4-6-14(10(9)2)8-11(3,13)7-12/h9-10H,4-6,8,13H2,1-3H3. The van der Waals surface area contributed by atoms with Crippen LogP contribution in [0, 0.1) is 17.2 Å². The van der Waals surface area contributed by atoms with Crippen LogP contribution in [0.25, 0.3) is 0 Å². The summed E-state index contributed by atoms with van der Waals surface area (Å²) in [5, 5.41) is 8.88. The second-order valence-corrected chi connectivity index (χ2v) is 4.86. The molecule has 3 unspecified atom stereocenters. The van der Waals surface area contributed by atoms with Crippen LogP contribution in [0.2, 0.25) is 0 Å². The van der Waals surface area contributed by atoms with E-state index in [1.807, 2.05) is 0 Å². The van der Waals surface area contributed by atoms with E-state index in [9.17, 15) is 0 Å². The van der Waals surface area contributed by atoms with Gasteiger partial charge in [0.05, 0.1) is 6.07 Å². The molecule has 3 atom stereocenters. The van der Waals surface area contributed by atoms with E-state index in [-0.39, 0.29) is 0 Å². The van der Waals surface area contributed by atoms with Crippen molar-refractivity contribution in [1.29, 1.82) is 5.26 Å². The molecule has 14 heavy (non-hydrogen) atoms. The largest absolute Gasteiger partial charge is 0.313 e. The lowest BCUT2D eigenvalue weighted by Crippen LogP contribution is -2.52. The zero-order chi connectivity index (χ0) is 10.8. The number of hydrogen-bond donors (Lipinski definition) is 1. The molecule has 2 N–H and O–H groups in total. The highest BCUT2D eigenvalue weighted by atomic mass is 15.2. The van der Waals surface area contributed by atoms with E-state index in [0.717, 1.165) is 12.5 Å². The van der Waals surface area contributed by atoms with Gasteiger partial charge in [-0.2, -0.15) is 5.26 Å². The Hall–Kier alpha value is -0.590. The Morgan fingerprint density at radius 2 is 2.21 bits per heavy atom. The first-order valence-corrected chi connectivity index (χ1v) is 5.40. The Bertz CT molecular complexity index is 229. The molecular weight excluding hydrogens is 174 g/mol. The van der Waals surface area contributed by atoms with Crippen molar-refractivity contribution in [3.8, 4) is 6.07 Å². The number of likely N-dealkylation sites (tertiary alicyclic amines) is 1. The molecular formula is C11H21N3. The van der Waals surface area contributed by atoms with Gasteiger partial charge in [0, 0.05) is 12.6 Å². The Morgan fingerprint density at radius 3 is 2.79 bits per heavy atom. The molecule has 0 aromatic heterocycles. The van der Waals surface area contributed by atoms with E-state index in [2.05, 4.69) is 24.8 Å². The zero-order valence-corrected chi connectivity index (χ0v) is 9.45. The molecule has 0 aromatic rings. The number of nitrogens with zero attached hydrogens (tertiary/aromatic N) is 2. The molecule has 1 saturated heterocycles. The van der Waals surface area contributed by atoms with Gasteiger partial charge < -0.3 is 5.73 Å². The average molecular weight is 195 g/mol.